The van der Waals surface area contributed by atoms with Gasteiger partial charge in [0.1, 0.15) is 12.6 Å². The van der Waals surface area contributed by atoms with Crippen molar-refractivity contribution in [2.24, 2.45) is 0 Å². The summed E-state index contributed by atoms with van der Waals surface area (Å²) in [5.41, 5.74) is 1.92. The number of nitrogens with one attached hydrogen (secondary N) is 1. The predicted molar refractivity (Wildman–Crippen MR) is 174 cm³/mol. The van der Waals surface area contributed by atoms with Crippen LogP contribution in [0.25, 0.3) is 0 Å². The molecule has 224 valence electrons. The Kier molecular flexibility index (Phi) is 11.0. The van der Waals surface area contributed by atoms with Crippen LogP contribution in [-0.4, -0.2) is 43.8 Å². The first-order valence-electron chi connectivity index (χ1n) is 13.8. The zero-order valence-electron chi connectivity index (χ0n) is 23.9. The minimum absolute atomic E-state index is 0.0367. The number of halogens is 2. The molecular weight excluding hydrogens is 650 g/mol. The van der Waals surface area contributed by atoms with Gasteiger partial charge in [0.05, 0.1) is 10.6 Å². The van der Waals surface area contributed by atoms with E-state index in [1.54, 1.807) is 42.5 Å². The van der Waals surface area contributed by atoms with E-state index in [2.05, 4.69) is 21.2 Å². The third-order valence-electron chi connectivity index (χ3n) is 6.67. The van der Waals surface area contributed by atoms with Crippen LogP contribution < -0.4 is 9.62 Å². The third kappa shape index (κ3) is 8.69. The van der Waals surface area contributed by atoms with Gasteiger partial charge in [-0.2, -0.15) is 0 Å². The van der Waals surface area contributed by atoms with Crippen molar-refractivity contribution in [1.82, 2.24) is 10.2 Å². The molecule has 10 heteroatoms. The van der Waals surface area contributed by atoms with E-state index in [-0.39, 0.29) is 35.5 Å². The average molecular weight is 683 g/mol. The Morgan fingerprint density at radius 1 is 0.837 bits per heavy atom. The normalized spacial score (nSPS) is 12.0. The standard InChI is InChI=1S/C33H33BrClN3O4S/c1-24(2)36-33(40)31(21-25-10-5-3-6-11-25)37(22-26-12-9-13-27(34)20-26)32(39)23-38(29-18-16-28(35)17-19-29)43(41,42)30-14-7-4-8-15-30/h3-20,24,31H,21-23H2,1-2H3,(H,36,40)/t31-/m1/s1. The minimum Gasteiger partial charge on any atom is -0.352 e. The first kappa shape index (κ1) is 32.3. The maximum absolute atomic E-state index is 14.4. The van der Waals surface area contributed by atoms with Crippen LogP contribution in [0.1, 0.15) is 25.0 Å². The largest absolute Gasteiger partial charge is 0.352 e. The number of hydrogen-bond donors (Lipinski definition) is 1. The zero-order valence-corrected chi connectivity index (χ0v) is 27.0. The molecule has 4 aromatic rings. The summed E-state index contributed by atoms with van der Waals surface area (Å²) in [6, 6.07) is 30.0. The van der Waals surface area contributed by atoms with Crippen molar-refractivity contribution in [2.75, 3.05) is 10.8 Å². The summed E-state index contributed by atoms with van der Waals surface area (Å²) in [6.07, 6.45) is 0.242. The lowest BCUT2D eigenvalue weighted by molar-refractivity contribution is -0.140. The molecule has 0 bridgehead atoms. The van der Waals surface area contributed by atoms with E-state index in [1.165, 1.54) is 17.0 Å². The zero-order chi connectivity index (χ0) is 31.0. The molecule has 1 atom stereocenters. The lowest BCUT2D eigenvalue weighted by Crippen LogP contribution is -2.54. The fourth-order valence-corrected chi connectivity index (χ4v) is 6.63. The molecule has 0 aliphatic rings. The van der Waals surface area contributed by atoms with Gasteiger partial charge in [-0.15, -0.1) is 0 Å². The molecule has 0 radical (unpaired) electrons. The lowest BCUT2D eigenvalue weighted by atomic mass is 10.0. The number of carbonyl (C=O) groups is 2. The van der Waals surface area contributed by atoms with Crippen LogP contribution in [0.3, 0.4) is 0 Å². The van der Waals surface area contributed by atoms with Gasteiger partial charge in [0.25, 0.3) is 10.0 Å². The van der Waals surface area contributed by atoms with Crippen molar-refractivity contribution in [3.05, 3.63) is 130 Å². The van der Waals surface area contributed by atoms with Gasteiger partial charge >= 0.3 is 0 Å². The molecule has 0 aliphatic carbocycles. The predicted octanol–water partition coefficient (Wildman–Crippen LogP) is 6.46. The molecule has 2 amide bonds. The summed E-state index contributed by atoms with van der Waals surface area (Å²) >= 11 is 9.60. The molecule has 0 unspecified atom stereocenters. The van der Waals surface area contributed by atoms with Crippen molar-refractivity contribution >= 4 is 55.1 Å². The van der Waals surface area contributed by atoms with Gasteiger partial charge in [-0.25, -0.2) is 8.42 Å². The van der Waals surface area contributed by atoms with E-state index in [4.69, 9.17) is 11.6 Å². The van der Waals surface area contributed by atoms with E-state index in [1.807, 2.05) is 68.4 Å². The number of rotatable bonds is 12. The van der Waals surface area contributed by atoms with E-state index >= 15 is 0 Å². The third-order valence-corrected chi connectivity index (χ3v) is 9.20. The highest BCUT2D eigenvalue weighted by Gasteiger charge is 2.34. The molecule has 0 saturated heterocycles. The SMILES string of the molecule is CC(C)NC(=O)[C@@H](Cc1ccccc1)N(Cc1cccc(Br)c1)C(=O)CN(c1ccc(Cl)cc1)S(=O)(=O)c1ccccc1. The van der Waals surface area contributed by atoms with Crippen molar-refractivity contribution in [1.29, 1.82) is 0 Å². The van der Waals surface area contributed by atoms with Gasteiger partial charge in [-0.1, -0.05) is 88.2 Å². The molecule has 7 nitrogen and oxygen atoms in total. The smallest absolute Gasteiger partial charge is 0.264 e. The summed E-state index contributed by atoms with van der Waals surface area (Å²) in [5, 5.41) is 3.38. The van der Waals surface area contributed by atoms with E-state index in [9.17, 15) is 18.0 Å². The topological polar surface area (TPSA) is 86.8 Å². The minimum atomic E-state index is -4.16. The average Bonchev–Trinajstić information content (AvgIpc) is 2.98. The number of anilines is 1. The summed E-state index contributed by atoms with van der Waals surface area (Å²) < 4.78 is 29.8. The fourth-order valence-electron chi connectivity index (χ4n) is 4.62. The number of amides is 2. The molecule has 0 aliphatic heterocycles. The van der Waals surface area contributed by atoms with Gasteiger partial charge in [0.15, 0.2) is 0 Å². The fraction of sp³-hybridized carbons (Fsp3) is 0.212. The van der Waals surface area contributed by atoms with E-state index in [0.717, 1.165) is 19.9 Å². The Morgan fingerprint density at radius 2 is 1.44 bits per heavy atom. The number of carbonyl (C=O) groups excluding carboxylic acids is 2. The highest BCUT2D eigenvalue weighted by atomic mass is 79.9. The van der Waals surface area contributed by atoms with Crippen molar-refractivity contribution in [2.45, 2.75) is 43.8 Å². The first-order valence-corrected chi connectivity index (χ1v) is 16.4. The van der Waals surface area contributed by atoms with Gasteiger partial charge in [-0.3, -0.25) is 13.9 Å². The molecular formula is C33H33BrClN3O4S. The Morgan fingerprint density at radius 3 is 2.05 bits per heavy atom. The summed E-state index contributed by atoms with van der Waals surface area (Å²) in [7, 11) is -4.16. The van der Waals surface area contributed by atoms with Crippen LogP contribution in [-0.2, 0) is 32.6 Å². The van der Waals surface area contributed by atoms with Crippen LogP contribution in [0.2, 0.25) is 5.02 Å². The van der Waals surface area contributed by atoms with Gasteiger partial charge < -0.3 is 10.2 Å². The van der Waals surface area contributed by atoms with Gasteiger partial charge in [0, 0.05) is 28.5 Å². The highest BCUT2D eigenvalue weighted by Crippen LogP contribution is 2.26. The summed E-state index contributed by atoms with van der Waals surface area (Å²) in [6.45, 7) is 3.26. The molecule has 0 fully saturated rings. The second kappa shape index (κ2) is 14.7. The number of sulfonamides is 1. The molecule has 0 spiro atoms. The molecule has 4 aromatic carbocycles. The lowest BCUT2D eigenvalue weighted by Gasteiger charge is -2.34. The van der Waals surface area contributed by atoms with Crippen molar-refractivity contribution in [3.63, 3.8) is 0 Å². The Bertz CT molecular complexity index is 1640. The van der Waals surface area contributed by atoms with Crippen LogP contribution in [0.5, 0.6) is 0 Å². The number of hydrogen-bond acceptors (Lipinski definition) is 4. The second-order valence-electron chi connectivity index (χ2n) is 10.3. The number of benzene rings is 4. The molecule has 0 saturated carbocycles. The molecule has 1 N–H and O–H groups in total. The van der Waals surface area contributed by atoms with Crippen LogP contribution >= 0.6 is 27.5 Å². The highest BCUT2D eigenvalue weighted by molar-refractivity contribution is 9.10. The van der Waals surface area contributed by atoms with E-state index in [0.29, 0.717) is 5.02 Å². The Labute approximate surface area is 266 Å². The van der Waals surface area contributed by atoms with E-state index < -0.39 is 28.5 Å². The van der Waals surface area contributed by atoms with Crippen molar-refractivity contribution < 1.29 is 18.0 Å². The van der Waals surface area contributed by atoms with Crippen LogP contribution in [0.4, 0.5) is 5.69 Å². The summed E-state index contributed by atoms with van der Waals surface area (Å²) in [5.74, 6) is -0.861. The maximum atomic E-state index is 14.4. The maximum Gasteiger partial charge on any atom is 0.264 e. The number of nitrogens with zero attached hydrogens (tertiary/aromatic N) is 2. The molecule has 0 heterocycles. The Balaban J connectivity index is 1.79. The molecule has 0 aromatic heterocycles. The monoisotopic (exact) mass is 681 g/mol. The van der Waals surface area contributed by atoms with Crippen LogP contribution in [0, 0.1) is 0 Å². The first-order chi connectivity index (χ1) is 20.5. The van der Waals surface area contributed by atoms with Crippen molar-refractivity contribution in [3.8, 4) is 0 Å². The van der Waals surface area contributed by atoms with Crippen LogP contribution in [0.15, 0.2) is 119 Å². The second-order valence-corrected chi connectivity index (χ2v) is 13.5. The van der Waals surface area contributed by atoms with Gasteiger partial charge in [-0.05, 0) is 73.5 Å². The summed E-state index contributed by atoms with van der Waals surface area (Å²) in [4.78, 5) is 29.6. The molecule has 4 rings (SSSR count). The Hall–Kier alpha value is -3.66. The molecule has 43 heavy (non-hydrogen) atoms. The van der Waals surface area contributed by atoms with Gasteiger partial charge in [0.2, 0.25) is 11.8 Å². The quantitative estimate of drug-likeness (QED) is 0.186.